The van der Waals surface area contributed by atoms with Crippen LogP contribution in [0.25, 0.3) is 0 Å². The van der Waals surface area contributed by atoms with E-state index in [0.29, 0.717) is 25.4 Å². The Bertz CT molecular complexity index is 201. The van der Waals surface area contributed by atoms with Gasteiger partial charge in [0.25, 0.3) is 0 Å². The summed E-state index contributed by atoms with van der Waals surface area (Å²) in [5.74, 6) is 0.432. The van der Waals surface area contributed by atoms with Crippen LogP contribution in [0.15, 0.2) is 4.99 Å². The van der Waals surface area contributed by atoms with E-state index in [4.69, 9.17) is 10.5 Å². The summed E-state index contributed by atoms with van der Waals surface area (Å²) >= 11 is 0. The van der Waals surface area contributed by atoms with Crippen molar-refractivity contribution in [1.29, 1.82) is 0 Å². The highest BCUT2D eigenvalue weighted by Crippen LogP contribution is 2.13. The predicted octanol–water partition coefficient (Wildman–Crippen LogP) is 0.317. The van der Waals surface area contributed by atoms with E-state index in [0.717, 1.165) is 6.42 Å². The van der Waals surface area contributed by atoms with E-state index >= 15 is 0 Å². The lowest BCUT2D eigenvalue weighted by molar-refractivity contribution is -0.147. The van der Waals surface area contributed by atoms with Gasteiger partial charge < -0.3 is 10.5 Å². The molecule has 0 aromatic rings. The topological polar surface area (TPSA) is 64.7 Å². The van der Waals surface area contributed by atoms with E-state index in [1.807, 2.05) is 0 Å². The van der Waals surface area contributed by atoms with E-state index in [1.54, 1.807) is 6.92 Å². The number of carbonyl (C=O) groups is 1. The van der Waals surface area contributed by atoms with Crippen LogP contribution in [0, 0.1) is 5.92 Å². The summed E-state index contributed by atoms with van der Waals surface area (Å²) in [5, 5.41) is 0. The van der Waals surface area contributed by atoms with E-state index in [-0.39, 0.29) is 11.9 Å². The highest BCUT2D eigenvalue weighted by atomic mass is 16.5. The molecule has 0 saturated heterocycles. The first-order valence-corrected chi connectivity index (χ1v) is 4.19. The molecule has 0 spiro atoms. The van der Waals surface area contributed by atoms with Gasteiger partial charge in [0.2, 0.25) is 0 Å². The van der Waals surface area contributed by atoms with Crippen LogP contribution in [0.4, 0.5) is 0 Å². The van der Waals surface area contributed by atoms with Crippen LogP contribution in [-0.2, 0) is 9.53 Å². The number of esters is 1. The second kappa shape index (κ2) is 4.09. The maximum absolute atomic E-state index is 11.2. The summed E-state index contributed by atoms with van der Waals surface area (Å²) < 4.78 is 4.87. The molecule has 68 valence electrons. The number of hydrogen-bond donors (Lipinski definition) is 1. The number of nitrogens with two attached hydrogens (primary N) is 1. The fraction of sp³-hybridized carbons (Fsp3) is 0.750. The van der Waals surface area contributed by atoms with Gasteiger partial charge in [0.1, 0.15) is 0 Å². The average molecular weight is 170 g/mol. The summed E-state index contributed by atoms with van der Waals surface area (Å²) in [6.07, 6.45) is 1.48. The van der Waals surface area contributed by atoms with Crippen LogP contribution in [-0.4, -0.2) is 25.0 Å². The molecule has 12 heavy (non-hydrogen) atoms. The van der Waals surface area contributed by atoms with Gasteiger partial charge in [0.05, 0.1) is 24.9 Å². The molecule has 0 bridgehead atoms. The first-order valence-electron chi connectivity index (χ1n) is 4.19. The second-order valence-electron chi connectivity index (χ2n) is 2.82. The van der Waals surface area contributed by atoms with Gasteiger partial charge in [0, 0.05) is 6.42 Å². The summed E-state index contributed by atoms with van der Waals surface area (Å²) in [6, 6.07) is 0. The Kier molecular flexibility index (Phi) is 3.08. The van der Waals surface area contributed by atoms with Gasteiger partial charge in [-0.1, -0.05) is 0 Å². The molecular formula is C8H14N2O2. The minimum atomic E-state index is -0.145. The molecule has 0 aliphatic carbocycles. The number of hydrogen-bond acceptors (Lipinski definition) is 4. The van der Waals surface area contributed by atoms with Crippen LogP contribution in [0.5, 0.6) is 0 Å². The smallest absolute Gasteiger partial charge is 0.310 e. The summed E-state index contributed by atoms with van der Waals surface area (Å²) in [7, 11) is 0. The molecule has 0 radical (unpaired) electrons. The van der Waals surface area contributed by atoms with Gasteiger partial charge in [-0.2, -0.15) is 0 Å². The van der Waals surface area contributed by atoms with Crippen LogP contribution in [0.2, 0.25) is 0 Å². The molecule has 1 atom stereocenters. The molecule has 1 aliphatic heterocycles. The van der Waals surface area contributed by atoms with E-state index in [9.17, 15) is 4.79 Å². The minimum absolute atomic E-state index is 0.0720. The van der Waals surface area contributed by atoms with Crippen LogP contribution >= 0.6 is 0 Å². The van der Waals surface area contributed by atoms with Crippen molar-refractivity contribution in [1.82, 2.24) is 0 Å². The van der Waals surface area contributed by atoms with E-state index in [2.05, 4.69) is 4.99 Å². The van der Waals surface area contributed by atoms with Crippen molar-refractivity contribution >= 4 is 11.8 Å². The van der Waals surface area contributed by atoms with E-state index < -0.39 is 0 Å². The normalized spacial score (nSPS) is 23.1. The van der Waals surface area contributed by atoms with Gasteiger partial charge >= 0.3 is 5.97 Å². The third kappa shape index (κ3) is 2.22. The minimum Gasteiger partial charge on any atom is -0.466 e. The number of ether oxygens (including phenoxy) is 1. The van der Waals surface area contributed by atoms with Crippen LogP contribution in [0.1, 0.15) is 19.8 Å². The molecule has 4 heteroatoms. The first kappa shape index (κ1) is 9.03. The largest absolute Gasteiger partial charge is 0.466 e. The number of aliphatic imine (C=N–C) groups is 1. The SMILES string of the molecule is CCOC(=O)C1CCC(N)=NC1. The molecule has 0 aromatic carbocycles. The van der Waals surface area contributed by atoms with Crippen molar-refractivity contribution in [2.45, 2.75) is 19.8 Å². The standard InChI is InChI=1S/C8H14N2O2/c1-2-12-8(11)6-3-4-7(9)10-5-6/h6H,2-5H2,1H3,(H2,9,10). The summed E-state index contributed by atoms with van der Waals surface area (Å²) in [6.45, 7) is 2.73. The Balaban J connectivity index is 2.40. The molecule has 1 rings (SSSR count). The third-order valence-electron chi connectivity index (χ3n) is 1.88. The highest BCUT2D eigenvalue weighted by Gasteiger charge is 2.22. The van der Waals surface area contributed by atoms with Crippen molar-refractivity contribution in [3.8, 4) is 0 Å². The van der Waals surface area contributed by atoms with Gasteiger partial charge in [-0.15, -0.1) is 0 Å². The predicted molar refractivity (Wildman–Crippen MR) is 45.8 cm³/mol. The second-order valence-corrected chi connectivity index (χ2v) is 2.82. The summed E-state index contributed by atoms with van der Waals surface area (Å²) in [4.78, 5) is 15.2. The van der Waals surface area contributed by atoms with Gasteiger partial charge in [-0.05, 0) is 13.3 Å². The zero-order chi connectivity index (χ0) is 8.97. The number of carbonyl (C=O) groups excluding carboxylic acids is 1. The lowest BCUT2D eigenvalue weighted by atomic mass is 10.0. The number of nitrogens with zero attached hydrogens (tertiary/aromatic N) is 1. The fourth-order valence-electron chi connectivity index (χ4n) is 1.17. The van der Waals surface area contributed by atoms with Crippen molar-refractivity contribution in [2.24, 2.45) is 16.6 Å². The van der Waals surface area contributed by atoms with Crippen LogP contribution in [0.3, 0.4) is 0 Å². The lowest BCUT2D eigenvalue weighted by Gasteiger charge is -2.17. The first-order chi connectivity index (χ1) is 5.74. The van der Waals surface area contributed by atoms with Crippen molar-refractivity contribution in [3.05, 3.63) is 0 Å². The Hall–Kier alpha value is -1.06. The van der Waals surface area contributed by atoms with Gasteiger partial charge in [-0.3, -0.25) is 9.79 Å². The van der Waals surface area contributed by atoms with Gasteiger partial charge in [-0.25, -0.2) is 0 Å². The molecule has 4 nitrogen and oxygen atoms in total. The molecule has 1 unspecified atom stereocenters. The maximum atomic E-state index is 11.2. The van der Waals surface area contributed by atoms with Gasteiger partial charge in [0.15, 0.2) is 0 Å². The fourth-order valence-corrected chi connectivity index (χ4v) is 1.17. The molecule has 0 saturated carbocycles. The molecule has 0 fully saturated rings. The molecule has 0 amide bonds. The molecular weight excluding hydrogens is 156 g/mol. The lowest BCUT2D eigenvalue weighted by Crippen LogP contribution is -2.28. The average Bonchev–Trinajstić information content (AvgIpc) is 2.06. The van der Waals surface area contributed by atoms with Crippen molar-refractivity contribution < 1.29 is 9.53 Å². The zero-order valence-electron chi connectivity index (χ0n) is 7.25. The maximum Gasteiger partial charge on any atom is 0.310 e. The quantitative estimate of drug-likeness (QED) is 0.607. The Morgan fingerprint density at radius 1 is 1.83 bits per heavy atom. The van der Waals surface area contributed by atoms with E-state index in [1.165, 1.54) is 0 Å². The monoisotopic (exact) mass is 170 g/mol. The number of rotatable bonds is 2. The van der Waals surface area contributed by atoms with Crippen molar-refractivity contribution in [3.63, 3.8) is 0 Å². The Labute approximate surface area is 71.8 Å². The molecule has 1 heterocycles. The Morgan fingerprint density at radius 2 is 2.58 bits per heavy atom. The van der Waals surface area contributed by atoms with Crippen LogP contribution < -0.4 is 5.73 Å². The highest BCUT2D eigenvalue weighted by molar-refractivity contribution is 5.83. The third-order valence-corrected chi connectivity index (χ3v) is 1.88. The zero-order valence-corrected chi connectivity index (χ0v) is 7.25. The molecule has 2 N–H and O–H groups in total. The molecule has 1 aliphatic rings. The summed E-state index contributed by atoms with van der Waals surface area (Å²) in [5.41, 5.74) is 5.47. The molecule has 0 aromatic heterocycles. The number of amidine groups is 1. The Morgan fingerprint density at radius 3 is 3.08 bits per heavy atom. The van der Waals surface area contributed by atoms with Crippen molar-refractivity contribution in [2.75, 3.05) is 13.2 Å².